The lowest BCUT2D eigenvalue weighted by Crippen LogP contribution is -2.08. The summed E-state index contributed by atoms with van der Waals surface area (Å²) in [6.07, 6.45) is 0. The van der Waals surface area contributed by atoms with Crippen molar-refractivity contribution in [2.45, 2.75) is 20.5 Å². The number of rotatable bonds is 4. The van der Waals surface area contributed by atoms with Crippen molar-refractivity contribution >= 4 is 23.0 Å². The second kappa shape index (κ2) is 5.92. The van der Waals surface area contributed by atoms with Crippen molar-refractivity contribution in [3.8, 4) is 5.75 Å². The number of para-hydroxylation sites is 1. The Morgan fingerprint density at radius 1 is 1.40 bits per heavy atom. The van der Waals surface area contributed by atoms with Crippen LogP contribution in [0.3, 0.4) is 0 Å². The molecule has 0 aliphatic carbocycles. The molecule has 0 amide bonds. The normalized spacial score (nSPS) is 10.3. The molecule has 1 aromatic carbocycles. The number of aromatic nitrogens is 1. The number of nitrogens with two attached hydrogens (primary N) is 1. The van der Waals surface area contributed by atoms with Gasteiger partial charge in [-0.25, -0.2) is 9.78 Å². The summed E-state index contributed by atoms with van der Waals surface area (Å²) in [7, 11) is 1.47. The molecule has 0 radical (unpaired) electrons. The molecule has 0 aliphatic rings. The van der Waals surface area contributed by atoms with Crippen LogP contribution in [0.1, 0.15) is 25.9 Å². The zero-order valence-electron chi connectivity index (χ0n) is 11.6. The molecule has 0 unspecified atom stereocenters. The third-order valence-electron chi connectivity index (χ3n) is 2.87. The first-order valence-electron chi connectivity index (χ1n) is 6.05. The third kappa shape index (κ3) is 2.91. The van der Waals surface area contributed by atoms with Crippen LogP contribution in [-0.2, 0) is 11.3 Å². The lowest BCUT2D eigenvalue weighted by molar-refractivity contribution is 0.0468. The van der Waals surface area contributed by atoms with Gasteiger partial charge in [0.25, 0.3) is 0 Å². The number of ether oxygens (including phenoxy) is 2. The molecule has 2 aromatic rings. The summed E-state index contributed by atoms with van der Waals surface area (Å²) in [6.45, 7) is 4.06. The number of hydrogen-bond donors (Lipinski definition) is 1. The second-order valence-electron chi connectivity index (χ2n) is 4.25. The fourth-order valence-corrected chi connectivity index (χ4v) is 2.60. The number of carbonyl (C=O) groups excluding carboxylic acids is 1. The highest BCUT2D eigenvalue weighted by Gasteiger charge is 2.16. The van der Waals surface area contributed by atoms with Crippen LogP contribution in [0, 0.1) is 13.8 Å². The van der Waals surface area contributed by atoms with Crippen LogP contribution in [0.25, 0.3) is 0 Å². The quantitative estimate of drug-likeness (QED) is 0.692. The molecule has 5 nitrogen and oxygen atoms in total. The van der Waals surface area contributed by atoms with Crippen LogP contribution in [0.15, 0.2) is 18.2 Å². The first-order chi connectivity index (χ1) is 9.52. The van der Waals surface area contributed by atoms with E-state index >= 15 is 0 Å². The Morgan fingerprint density at radius 3 is 2.75 bits per heavy atom. The highest BCUT2D eigenvalue weighted by atomic mass is 32.1. The van der Waals surface area contributed by atoms with E-state index in [-0.39, 0.29) is 6.61 Å². The van der Waals surface area contributed by atoms with Crippen LogP contribution in [0.4, 0.5) is 5.69 Å². The molecule has 2 rings (SSSR count). The van der Waals surface area contributed by atoms with E-state index in [1.165, 1.54) is 18.4 Å². The molecule has 0 fully saturated rings. The fraction of sp³-hybridized carbons (Fsp3) is 0.286. The second-order valence-corrected chi connectivity index (χ2v) is 5.54. The summed E-state index contributed by atoms with van der Waals surface area (Å²) < 4.78 is 10.4. The minimum Gasteiger partial charge on any atom is -0.494 e. The summed E-state index contributed by atoms with van der Waals surface area (Å²) in [6, 6.07) is 4.98. The molecular formula is C14H16N2O3S. The standard InChI is InChI=1S/C14H16N2O3S/c1-8-9(2)20-12(16-8)7-19-14(17)10-5-4-6-11(15)13(10)18-3/h4-6H,7,15H2,1-3H3. The van der Waals surface area contributed by atoms with Gasteiger partial charge in [-0.3, -0.25) is 0 Å². The largest absolute Gasteiger partial charge is 0.494 e. The van der Waals surface area contributed by atoms with Gasteiger partial charge in [0.2, 0.25) is 0 Å². The zero-order valence-corrected chi connectivity index (χ0v) is 12.4. The Labute approximate surface area is 121 Å². The summed E-state index contributed by atoms with van der Waals surface area (Å²) in [5.74, 6) is -0.136. The van der Waals surface area contributed by atoms with Crippen molar-refractivity contribution in [2.24, 2.45) is 0 Å². The van der Waals surface area contributed by atoms with Gasteiger partial charge in [-0.1, -0.05) is 6.07 Å². The zero-order chi connectivity index (χ0) is 14.7. The van der Waals surface area contributed by atoms with Gasteiger partial charge >= 0.3 is 5.97 Å². The molecule has 0 atom stereocenters. The Hall–Kier alpha value is -2.08. The van der Waals surface area contributed by atoms with E-state index in [1.807, 2.05) is 13.8 Å². The number of methoxy groups -OCH3 is 1. The monoisotopic (exact) mass is 292 g/mol. The fourth-order valence-electron chi connectivity index (χ4n) is 1.75. The highest BCUT2D eigenvalue weighted by molar-refractivity contribution is 7.11. The van der Waals surface area contributed by atoms with Crippen LogP contribution in [0.5, 0.6) is 5.75 Å². The molecule has 106 valence electrons. The van der Waals surface area contributed by atoms with Gasteiger partial charge in [-0.2, -0.15) is 0 Å². The molecular weight excluding hydrogens is 276 g/mol. The first-order valence-corrected chi connectivity index (χ1v) is 6.87. The van der Waals surface area contributed by atoms with E-state index in [0.29, 0.717) is 17.0 Å². The molecule has 2 N–H and O–H groups in total. The third-order valence-corrected chi connectivity index (χ3v) is 3.92. The van der Waals surface area contributed by atoms with Gasteiger partial charge in [-0.05, 0) is 26.0 Å². The van der Waals surface area contributed by atoms with E-state index in [2.05, 4.69) is 4.98 Å². The van der Waals surface area contributed by atoms with Gasteiger partial charge in [0.15, 0.2) is 5.75 Å². The number of aryl methyl sites for hydroxylation is 2. The van der Waals surface area contributed by atoms with E-state index < -0.39 is 5.97 Å². The number of carbonyl (C=O) groups is 1. The highest BCUT2D eigenvalue weighted by Crippen LogP contribution is 2.27. The molecule has 20 heavy (non-hydrogen) atoms. The predicted molar refractivity (Wildman–Crippen MR) is 78.1 cm³/mol. The van der Waals surface area contributed by atoms with Crippen molar-refractivity contribution in [1.29, 1.82) is 0 Å². The van der Waals surface area contributed by atoms with Crippen LogP contribution >= 0.6 is 11.3 Å². The van der Waals surface area contributed by atoms with Crippen molar-refractivity contribution in [3.63, 3.8) is 0 Å². The molecule has 0 saturated heterocycles. The minimum absolute atomic E-state index is 0.149. The van der Waals surface area contributed by atoms with Gasteiger partial charge in [-0.15, -0.1) is 11.3 Å². The van der Waals surface area contributed by atoms with Gasteiger partial charge in [0.1, 0.15) is 17.2 Å². The summed E-state index contributed by atoms with van der Waals surface area (Å²) in [4.78, 5) is 17.5. The topological polar surface area (TPSA) is 74.4 Å². The Balaban J connectivity index is 2.11. The number of anilines is 1. The SMILES string of the molecule is COc1c(N)cccc1C(=O)OCc1nc(C)c(C)s1. The molecule has 0 aliphatic heterocycles. The van der Waals surface area contributed by atoms with E-state index in [4.69, 9.17) is 15.2 Å². The average molecular weight is 292 g/mol. The molecule has 0 spiro atoms. The predicted octanol–water partition coefficient (Wildman–Crippen LogP) is 2.71. The Kier molecular flexibility index (Phi) is 4.24. The number of hydrogen-bond acceptors (Lipinski definition) is 6. The van der Waals surface area contributed by atoms with Crippen molar-refractivity contribution in [1.82, 2.24) is 4.98 Å². The van der Waals surface area contributed by atoms with Crippen molar-refractivity contribution in [3.05, 3.63) is 39.3 Å². The lowest BCUT2D eigenvalue weighted by Gasteiger charge is -2.09. The summed E-state index contributed by atoms with van der Waals surface area (Å²) >= 11 is 1.52. The van der Waals surface area contributed by atoms with E-state index in [9.17, 15) is 4.79 Å². The van der Waals surface area contributed by atoms with Gasteiger partial charge < -0.3 is 15.2 Å². The molecule has 0 bridgehead atoms. The molecule has 0 saturated carbocycles. The number of nitrogens with zero attached hydrogens (tertiary/aromatic N) is 1. The van der Waals surface area contributed by atoms with Crippen LogP contribution < -0.4 is 10.5 Å². The smallest absolute Gasteiger partial charge is 0.342 e. The first kappa shape index (κ1) is 14.3. The van der Waals surface area contributed by atoms with E-state index in [1.54, 1.807) is 18.2 Å². The molecule has 1 aromatic heterocycles. The van der Waals surface area contributed by atoms with Crippen LogP contribution in [0.2, 0.25) is 0 Å². The number of thiazole rings is 1. The summed E-state index contributed by atoms with van der Waals surface area (Å²) in [5.41, 5.74) is 7.44. The van der Waals surface area contributed by atoms with E-state index in [0.717, 1.165) is 15.6 Å². The van der Waals surface area contributed by atoms with Gasteiger partial charge in [0, 0.05) is 4.88 Å². The summed E-state index contributed by atoms with van der Waals surface area (Å²) in [5, 5.41) is 0.774. The number of nitrogen functional groups attached to an aromatic ring is 1. The van der Waals surface area contributed by atoms with Crippen LogP contribution in [-0.4, -0.2) is 18.1 Å². The Morgan fingerprint density at radius 2 is 2.15 bits per heavy atom. The number of esters is 1. The maximum Gasteiger partial charge on any atom is 0.342 e. The average Bonchev–Trinajstić information content (AvgIpc) is 2.75. The minimum atomic E-state index is -0.473. The molecule has 1 heterocycles. The van der Waals surface area contributed by atoms with Crippen molar-refractivity contribution in [2.75, 3.05) is 12.8 Å². The maximum atomic E-state index is 12.1. The lowest BCUT2D eigenvalue weighted by atomic mass is 10.2. The Bertz CT molecular complexity index is 618. The number of benzene rings is 1. The maximum absolute atomic E-state index is 12.1. The van der Waals surface area contributed by atoms with Gasteiger partial charge in [0.05, 0.1) is 18.5 Å². The van der Waals surface area contributed by atoms with Crippen molar-refractivity contribution < 1.29 is 14.3 Å². The molecule has 6 heteroatoms.